The number of aromatic nitrogens is 2. The van der Waals surface area contributed by atoms with E-state index < -0.39 is 12.2 Å². The highest BCUT2D eigenvalue weighted by Gasteiger charge is 2.32. The lowest BCUT2D eigenvalue weighted by Crippen LogP contribution is -2.44. The van der Waals surface area contributed by atoms with E-state index >= 15 is 0 Å². The molecule has 6 nitrogen and oxygen atoms in total. The normalized spacial score (nSPS) is 25.3. The molecule has 2 unspecified atom stereocenters. The highest BCUT2D eigenvalue weighted by molar-refractivity contribution is 5.27. The Labute approximate surface area is 98.2 Å². The first-order valence-corrected chi connectivity index (χ1v) is 5.67. The van der Waals surface area contributed by atoms with Gasteiger partial charge in [-0.1, -0.05) is 24.2 Å². The summed E-state index contributed by atoms with van der Waals surface area (Å²) in [5.41, 5.74) is 0. The largest absolute Gasteiger partial charge is 0.324 e. The SMILES string of the molecule is CC(C)c1noc(N2CCC(N=O)C(F)C2)n1. The van der Waals surface area contributed by atoms with Crippen LogP contribution in [0.1, 0.15) is 32.0 Å². The van der Waals surface area contributed by atoms with Gasteiger partial charge in [-0.05, 0) is 6.42 Å². The van der Waals surface area contributed by atoms with Crippen LogP contribution < -0.4 is 4.90 Å². The second-order valence-corrected chi connectivity index (χ2v) is 4.51. The van der Waals surface area contributed by atoms with E-state index in [1.54, 1.807) is 4.90 Å². The molecule has 1 aromatic heterocycles. The summed E-state index contributed by atoms with van der Waals surface area (Å²) in [7, 11) is 0. The number of alkyl halides is 1. The first kappa shape index (κ1) is 11.9. The molecule has 17 heavy (non-hydrogen) atoms. The standard InChI is InChI=1S/C10H15FN4O2/c1-6(2)9-12-10(17-14-9)15-4-3-8(13-16)7(11)5-15/h6-8H,3-5H2,1-2H3. The van der Waals surface area contributed by atoms with Crippen molar-refractivity contribution in [1.82, 2.24) is 10.1 Å². The van der Waals surface area contributed by atoms with E-state index in [9.17, 15) is 9.30 Å². The molecule has 0 N–H and O–H groups in total. The fourth-order valence-electron chi connectivity index (χ4n) is 1.77. The van der Waals surface area contributed by atoms with Crippen LogP contribution in [0.5, 0.6) is 0 Å². The Balaban J connectivity index is 2.05. The van der Waals surface area contributed by atoms with Gasteiger partial charge in [-0.15, -0.1) is 0 Å². The Hall–Kier alpha value is -1.53. The van der Waals surface area contributed by atoms with E-state index in [1.807, 2.05) is 13.8 Å². The van der Waals surface area contributed by atoms with Crippen LogP contribution in [0.4, 0.5) is 10.4 Å². The smallest absolute Gasteiger partial charge is 0.321 e. The lowest BCUT2D eigenvalue weighted by atomic mass is 10.0. The molecular weight excluding hydrogens is 227 g/mol. The predicted octanol–water partition coefficient (Wildman–Crippen LogP) is 1.88. The molecule has 0 aromatic carbocycles. The monoisotopic (exact) mass is 242 g/mol. The van der Waals surface area contributed by atoms with Gasteiger partial charge in [-0.3, -0.25) is 0 Å². The van der Waals surface area contributed by atoms with Crippen molar-refractivity contribution in [2.75, 3.05) is 18.0 Å². The molecule has 1 aliphatic heterocycles. The summed E-state index contributed by atoms with van der Waals surface area (Å²) in [5.74, 6) is 0.772. The van der Waals surface area contributed by atoms with E-state index in [1.165, 1.54) is 0 Å². The zero-order valence-corrected chi connectivity index (χ0v) is 9.84. The van der Waals surface area contributed by atoms with Gasteiger partial charge in [0.05, 0.1) is 6.54 Å². The summed E-state index contributed by atoms with van der Waals surface area (Å²) in [6, 6.07) is -0.431. The molecule has 94 valence electrons. The minimum absolute atomic E-state index is 0.0795. The van der Waals surface area contributed by atoms with E-state index in [0.717, 1.165) is 0 Å². The van der Waals surface area contributed by atoms with Crippen LogP contribution in [0.3, 0.4) is 0 Å². The number of hydrogen-bond donors (Lipinski definition) is 0. The Bertz CT molecular complexity index is 395. The maximum Gasteiger partial charge on any atom is 0.324 e. The number of rotatable bonds is 3. The van der Waals surface area contributed by atoms with Crippen LogP contribution in [0.2, 0.25) is 0 Å². The van der Waals surface area contributed by atoms with Crippen LogP contribution >= 0.6 is 0 Å². The average Bonchev–Trinajstić information content (AvgIpc) is 2.78. The average molecular weight is 242 g/mol. The summed E-state index contributed by atoms with van der Waals surface area (Å²) in [6.45, 7) is 4.50. The van der Waals surface area contributed by atoms with Crippen molar-refractivity contribution >= 4 is 6.01 Å². The van der Waals surface area contributed by atoms with Crippen molar-refractivity contribution in [2.24, 2.45) is 5.18 Å². The summed E-state index contributed by atoms with van der Waals surface area (Å²) in [4.78, 5) is 16.2. The maximum absolute atomic E-state index is 13.5. The van der Waals surface area contributed by atoms with Gasteiger partial charge in [-0.2, -0.15) is 9.89 Å². The van der Waals surface area contributed by atoms with E-state index in [2.05, 4.69) is 15.3 Å². The predicted molar refractivity (Wildman–Crippen MR) is 59.7 cm³/mol. The maximum atomic E-state index is 13.5. The first-order valence-electron chi connectivity index (χ1n) is 5.67. The van der Waals surface area contributed by atoms with Gasteiger partial charge in [0.2, 0.25) is 0 Å². The van der Waals surface area contributed by atoms with Gasteiger partial charge in [0.25, 0.3) is 0 Å². The number of nitrogens with zero attached hydrogens (tertiary/aromatic N) is 4. The van der Waals surface area contributed by atoms with Crippen molar-refractivity contribution in [1.29, 1.82) is 0 Å². The molecule has 0 aliphatic carbocycles. The number of anilines is 1. The van der Waals surface area contributed by atoms with E-state index in [-0.39, 0.29) is 12.5 Å². The van der Waals surface area contributed by atoms with Crippen molar-refractivity contribution < 1.29 is 8.91 Å². The fourth-order valence-corrected chi connectivity index (χ4v) is 1.77. The van der Waals surface area contributed by atoms with Crippen LogP contribution in [-0.4, -0.2) is 35.4 Å². The number of piperidine rings is 1. The molecule has 1 saturated heterocycles. The van der Waals surface area contributed by atoms with Crippen LogP contribution in [-0.2, 0) is 0 Å². The van der Waals surface area contributed by atoms with Crippen LogP contribution in [0.25, 0.3) is 0 Å². The molecule has 0 saturated carbocycles. The van der Waals surface area contributed by atoms with Gasteiger partial charge in [-0.25, -0.2) is 4.39 Å². The molecular formula is C10H15FN4O2. The summed E-state index contributed by atoms with van der Waals surface area (Å²) in [5, 5.41) is 6.59. The Morgan fingerprint density at radius 1 is 1.59 bits per heavy atom. The highest BCUT2D eigenvalue weighted by Crippen LogP contribution is 2.23. The zero-order valence-electron chi connectivity index (χ0n) is 9.84. The highest BCUT2D eigenvalue weighted by atomic mass is 19.1. The van der Waals surface area contributed by atoms with Crippen molar-refractivity contribution in [3.05, 3.63) is 10.7 Å². The lowest BCUT2D eigenvalue weighted by Gasteiger charge is -2.29. The number of hydrogen-bond acceptors (Lipinski definition) is 6. The molecule has 0 radical (unpaired) electrons. The summed E-state index contributed by atoms with van der Waals surface area (Å²) >= 11 is 0. The second kappa shape index (κ2) is 4.77. The Morgan fingerprint density at radius 3 is 2.88 bits per heavy atom. The van der Waals surface area contributed by atoms with Gasteiger partial charge in [0.1, 0.15) is 12.2 Å². The van der Waals surface area contributed by atoms with Crippen LogP contribution in [0, 0.1) is 4.91 Å². The fraction of sp³-hybridized carbons (Fsp3) is 0.800. The van der Waals surface area contributed by atoms with Crippen molar-refractivity contribution in [3.63, 3.8) is 0 Å². The summed E-state index contributed by atoms with van der Waals surface area (Å²) < 4.78 is 18.6. The summed E-state index contributed by atoms with van der Waals surface area (Å²) in [6.07, 6.45) is -0.889. The molecule has 0 spiro atoms. The topological polar surface area (TPSA) is 71.6 Å². The lowest BCUT2D eigenvalue weighted by molar-refractivity contribution is 0.243. The van der Waals surface area contributed by atoms with Crippen LogP contribution in [0.15, 0.2) is 9.70 Å². The van der Waals surface area contributed by atoms with Crippen molar-refractivity contribution in [2.45, 2.75) is 38.4 Å². The van der Waals surface area contributed by atoms with E-state index in [4.69, 9.17) is 4.52 Å². The zero-order chi connectivity index (χ0) is 12.4. The van der Waals surface area contributed by atoms with Gasteiger partial charge < -0.3 is 9.42 Å². The molecule has 7 heteroatoms. The van der Waals surface area contributed by atoms with Crippen molar-refractivity contribution in [3.8, 4) is 0 Å². The molecule has 0 bridgehead atoms. The number of halogens is 1. The quantitative estimate of drug-likeness (QED) is 0.757. The minimum atomic E-state index is -1.27. The second-order valence-electron chi connectivity index (χ2n) is 4.51. The molecule has 1 aromatic rings. The van der Waals surface area contributed by atoms with Gasteiger partial charge in [0.15, 0.2) is 5.82 Å². The van der Waals surface area contributed by atoms with E-state index in [0.29, 0.717) is 24.8 Å². The molecule has 1 fully saturated rings. The number of nitroso groups, excluding NO2 is 1. The Kier molecular flexibility index (Phi) is 3.35. The third-order valence-electron chi connectivity index (χ3n) is 2.86. The minimum Gasteiger partial charge on any atom is -0.321 e. The molecule has 0 amide bonds. The molecule has 1 aliphatic rings. The Morgan fingerprint density at radius 2 is 2.35 bits per heavy atom. The van der Waals surface area contributed by atoms with Gasteiger partial charge in [0, 0.05) is 12.5 Å². The van der Waals surface area contributed by atoms with Gasteiger partial charge >= 0.3 is 6.01 Å². The molecule has 2 rings (SSSR count). The molecule has 2 atom stereocenters. The third-order valence-corrected chi connectivity index (χ3v) is 2.86. The third kappa shape index (κ3) is 2.42. The first-order chi connectivity index (χ1) is 8.11. The molecule has 2 heterocycles.